The Hall–Kier alpha value is -3.95. The number of aromatic nitrogens is 4. The number of thioether (sulfide) groups is 1. The molecule has 0 unspecified atom stereocenters. The Bertz CT molecular complexity index is 1620. The SMILES string of the molecule is O=C(Nc1nc(-c2c[nH]c3ccccc23)cs1)c1oc2ccccc2c1CSc1ncccn1. The van der Waals surface area contributed by atoms with Crippen LogP contribution in [0.3, 0.4) is 0 Å². The van der Waals surface area contributed by atoms with Crippen molar-refractivity contribution in [2.75, 3.05) is 5.32 Å². The number of carbonyl (C=O) groups is 1. The summed E-state index contributed by atoms with van der Waals surface area (Å²) < 4.78 is 5.96. The highest BCUT2D eigenvalue weighted by Gasteiger charge is 2.22. The molecule has 0 saturated carbocycles. The maximum absolute atomic E-state index is 13.2. The maximum atomic E-state index is 13.2. The van der Waals surface area contributed by atoms with E-state index in [4.69, 9.17) is 4.42 Å². The fraction of sp³-hybridized carbons (Fsp3) is 0.0400. The summed E-state index contributed by atoms with van der Waals surface area (Å²) in [6, 6.07) is 17.5. The standard InChI is InChI=1S/C25H17N5O2S2/c31-23(30-25-29-20(14-34-25)17-12-28-19-8-3-1-6-15(17)19)22-18(13-33-24-26-10-5-11-27-24)16-7-2-4-9-21(16)32-22/h1-12,14,28H,13H2,(H,29,30,31). The van der Waals surface area contributed by atoms with Crippen LogP contribution in [0.4, 0.5) is 5.13 Å². The number of nitrogens with one attached hydrogen (secondary N) is 2. The molecule has 0 fully saturated rings. The van der Waals surface area contributed by atoms with Crippen molar-refractivity contribution in [3.05, 3.63) is 89.9 Å². The number of furan rings is 1. The fourth-order valence-electron chi connectivity index (χ4n) is 3.81. The van der Waals surface area contributed by atoms with E-state index in [1.165, 1.54) is 23.1 Å². The van der Waals surface area contributed by atoms with Gasteiger partial charge in [-0.2, -0.15) is 0 Å². The number of aromatic amines is 1. The van der Waals surface area contributed by atoms with E-state index in [2.05, 4.69) is 25.3 Å². The van der Waals surface area contributed by atoms with Crippen LogP contribution in [0.15, 0.2) is 88.1 Å². The lowest BCUT2D eigenvalue weighted by Gasteiger charge is -2.03. The molecular formula is C25H17N5O2S2. The number of nitrogens with zero attached hydrogens (tertiary/aromatic N) is 3. The second kappa shape index (κ2) is 8.77. The van der Waals surface area contributed by atoms with E-state index in [0.29, 0.717) is 21.6 Å². The Balaban J connectivity index is 1.28. The zero-order valence-electron chi connectivity index (χ0n) is 17.7. The number of thiazole rings is 1. The summed E-state index contributed by atoms with van der Waals surface area (Å²) >= 11 is 2.83. The van der Waals surface area contributed by atoms with Gasteiger partial charge in [0.05, 0.1) is 5.69 Å². The number of H-pyrrole nitrogens is 1. The van der Waals surface area contributed by atoms with E-state index in [-0.39, 0.29) is 11.7 Å². The van der Waals surface area contributed by atoms with Gasteiger partial charge < -0.3 is 9.40 Å². The third-order valence-electron chi connectivity index (χ3n) is 5.38. The molecule has 7 nitrogen and oxygen atoms in total. The minimum Gasteiger partial charge on any atom is -0.451 e. The highest BCUT2D eigenvalue weighted by Crippen LogP contribution is 2.33. The second-order valence-electron chi connectivity index (χ2n) is 7.47. The largest absolute Gasteiger partial charge is 0.451 e. The number of para-hydroxylation sites is 2. The highest BCUT2D eigenvalue weighted by molar-refractivity contribution is 7.98. The zero-order chi connectivity index (χ0) is 22.9. The van der Waals surface area contributed by atoms with Crippen LogP contribution in [-0.4, -0.2) is 25.8 Å². The summed E-state index contributed by atoms with van der Waals surface area (Å²) in [5, 5.41) is 7.99. The van der Waals surface area contributed by atoms with Crippen molar-refractivity contribution in [1.82, 2.24) is 19.9 Å². The summed E-state index contributed by atoms with van der Waals surface area (Å²) in [7, 11) is 0. The number of rotatable bonds is 6. The van der Waals surface area contributed by atoms with Crippen molar-refractivity contribution in [1.29, 1.82) is 0 Å². The first kappa shape index (κ1) is 20.6. The monoisotopic (exact) mass is 483 g/mol. The first-order valence-corrected chi connectivity index (χ1v) is 12.4. The topological polar surface area (TPSA) is 96.7 Å². The van der Waals surface area contributed by atoms with Gasteiger partial charge in [-0.3, -0.25) is 10.1 Å². The molecule has 6 aromatic rings. The summed E-state index contributed by atoms with van der Waals surface area (Å²) in [6.07, 6.45) is 5.33. The van der Waals surface area contributed by atoms with Crippen molar-refractivity contribution >= 4 is 56.0 Å². The van der Waals surface area contributed by atoms with Gasteiger partial charge in [-0.25, -0.2) is 15.0 Å². The van der Waals surface area contributed by atoms with Crippen LogP contribution in [-0.2, 0) is 5.75 Å². The zero-order valence-corrected chi connectivity index (χ0v) is 19.3. The minimum atomic E-state index is -0.333. The summed E-state index contributed by atoms with van der Waals surface area (Å²) in [5.41, 5.74) is 4.31. The summed E-state index contributed by atoms with van der Waals surface area (Å²) in [4.78, 5) is 29.7. The van der Waals surface area contributed by atoms with E-state index >= 15 is 0 Å². The van der Waals surface area contributed by atoms with Gasteiger partial charge in [-0.15, -0.1) is 11.3 Å². The lowest BCUT2D eigenvalue weighted by atomic mass is 10.1. The molecule has 0 saturated heterocycles. The number of hydrogen-bond acceptors (Lipinski definition) is 7. The molecule has 4 aromatic heterocycles. The van der Waals surface area contributed by atoms with Crippen molar-refractivity contribution in [2.45, 2.75) is 10.9 Å². The van der Waals surface area contributed by atoms with Crippen molar-refractivity contribution in [2.24, 2.45) is 0 Å². The predicted octanol–water partition coefficient (Wildman–Crippen LogP) is 6.37. The van der Waals surface area contributed by atoms with Gasteiger partial charge in [-0.05, 0) is 18.2 Å². The van der Waals surface area contributed by atoms with Crippen LogP contribution in [0.25, 0.3) is 33.1 Å². The smallest absolute Gasteiger partial charge is 0.293 e. The third-order valence-corrected chi connectivity index (χ3v) is 7.04. The van der Waals surface area contributed by atoms with Gasteiger partial charge in [0, 0.05) is 57.1 Å². The number of amides is 1. The summed E-state index contributed by atoms with van der Waals surface area (Å²) in [5.74, 6) is 0.441. The Morgan fingerprint density at radius 2 is 1.82 bits per heavy atom. The molecule has 0 radical (unpaired) electrons. The molecule has 0 bridgehead atoms. The summed E-state index contributed by atoms with van der Waals surface area (Å²) in [6.45, 7) is 0. The lowest BCUT2D eigenvalue weighted by molar-refractivity contribution is 0.0998. The molecule has 34 heavy (non-hydrogen) atoms. The van der Waals surface area contributed by atoms with Gasteiger partial charge >= 0.3 is 0 Å². The average Bonchev–Trinajstić information content (AvgIpc) is 3.60. The van der Waals surface area contributed by atoms with Gasteiger partial charge in [0.1, 0.15) is 5.58 Å². The van der Waals surface area contributed by atoms with Crippen molar-refractivity contribution in [3.63, 3.8) is 0 Å². The third kappa shape index (κ3) is 3.85. The Morgan fingerprint density at radius 1 is 1.03 bits per heavy atom. The molecule has 9 heteroatoms. The molecule has 0 atom stereocenters. The molecule has 0 aliphatic heterocycles. The first-order valence-electron chi connectivity index (χ1n) is 10.5. The number of carbonyl (C=O) groups excluding carboxylic acids is 1. The average molecular weight is 484 g/mol. The van der Waals surface area contributed by atoms with Gasteiger partial charge in [-0.1, -0.05) is 48.2 Å². The molecule has 2 N–H and O–H groups in total. The normalized spacial score (nSPS) is 11.3. The van der Waals surface area contributed by atoms with Crippen LogP contribution in [0, 0.1) is 0 Å². The van der Waals surface area contributed by atoms with E-state index < -0.39 is 0 Å². The van der Waals surface area contributed by atoms with Crippen LogP contribution in [0.1, 0.15) is 16.1 Å². The first-order chi connectivity index (χ1) is 16.8. The predicted molar refractivity (Wildman–Crippen MR) is 135 cm³/mol. The molecule has 0 aliphatic carbocycles. The van der Waals surface area contributed by atoms with Gasteiger partial charge in [0.25, 0.3) is 5.91 Å². The Labute approximate surface area is 202 Å². The molecule has 2 aromatic carbocycles. The number of hydrogen-bond donors (Lipinski definition) is 2. The van der Waals surface area contributed by atoms with E-state index in [9.17, 15) is 4.79 Å². The van der Waals surface area contributed by atoms with Crippen molar-refractivity contribution in [3.8, 4) is 11.3 Å². The number of benzene rings is 2. The molecule has 4 heterocycles. The van der Waals surface area contributed by atoms with E-state index in [1.807, 2.05) is 60.1 Å². The molecule has 1 amide bonds. The fourth-order valence-corrected chi connectivity index (χ4v) is 5.35. The lowest BCUT2D eigenvalue weighted by Crippen LogP contribution is -2.12. The number of fused-ring (bicyclic) bond motifs is 2. The second-order valence-corrected chi connectivity index (χ2v) is 9.27. The maximum Gasteiger partial charge on any atom is 0.293 e. The Morgan fingerprint density at radius 3 is 2.71 bits per heavy atom. The Kier molecular flexibility index (Phi) is 5.32. The molecule has 0 spiro atoms. The van der Waals surface area contributed by atoms with Crippen LogP contribution >= 0.6 is 23.1 Å². The quantitative estimate of drug-likeness (QED) is 0.211. The molecule has 6 rings (SSSR count). The van der Waals surface area contributed by atoms with Gasteiger partial charge in [0.15, 0.2) is 16.0 Å². The van der Waals surface area contributed by atoms with E-state index in [1.54, 1.807) is 18.5 Å². The van der Waals surface area contributed by atoms with Crippen LogP contribution in [0.5, 0.6) is 0 Å². The highest BCUT2D eigenvalue weighted by atomic mass is 32.2. The van der Waals surface area contributed by atoms with Gasteiger partial charge in [0.2, 0.25) is 0 Å². The number of anilines is 1. The van der Waals surface area contributed by atoms with Crippen LogP contribution < -0.4 is 5.32 Å². The molecule has 166 valence electrons. The molecule has 0 aliphatic rings. The van der Waals surface area contributed by atoms with Crippen LogP contribution in [0.2, 0.25) is 0 Å². The van der Waals surface area contributed by atoms with E-state index in [0.717, 1.165) is 33.1 Å². The molecular weight excluding hydrogens is 466 g/mol. The minimum absolute atomic E-state index is 0.272. The van der Waals surface area contributed by atoms with Crippen molar-refractivity contribution < 1.29 is 9.21 Å².